The van der Waals surface area contributed by atoms with E-state index in [0.29, 0.717) is 12.6 Å². The van der Waals surface area contributed by atoms with E-state index in [-0.39, 0.29) is 0 Å². The largest absolute Gasteiger partial charge is 0.328 e. The Kier molecular flexibility index (Phi) is 2.39. The number of nitrogens with zero attached hydrogens (tertiary/aromatic N) is 3. The first kappa shape index (κ1) is 7.21. The van der Waals surface area contributed by atoms with Gasteiger partial charge in [0.1, 0.15) is 12.7 Å². The van der Waals surface area contributed by atoms with Gasteiger partial charge < -0.3 is 10.3 Å². The molecule has 0 aliphatic rings. The first-order chi connectivity index (χ1) is 4.88. The summed E-state index contributed by atoms with van der Waals surface area (Å²) < 4.78 is 1.93. The Labute approximate surface area is 60.1 Å². The Morgan fingerprint density at radius 3 is 2.50 bits per heavy atom. The highest BCUT2D eigenvalue weighted by Crippen LogP contribution is 2.05. The average Bonchev–Trinajstić information content (AvgIpc) is 2.43. The highest BCUT2D eigenvalue weighted by Gasteiger charge is 2.03. The highest BCUT2D eigenvalue weighted by molar-refractivity contribution is 4.71. The van der Waals surface area contributed by atoms with Crippen LogP contribution in [0.3, 0.4) is 0 Å². The van der Waals surface area contributed by atoms with Crippen LogP contribution in [0.15, 0.2) is 12.7 Å². The molecule has 1 aromatic rings. The fourth-order valence-corrected chi connectivity index (χ4v) is 0.896. The van der Waals surface area contributed by atoms with Crippen molar-refractivity contribution in [1.82, 2.24) is 14.8 Å². The molecule has 2 N–H and O–H groups in total. The molecule has 1 atom stereocenters. The highest BCUT2D eigenvalue weighted by atomic mass is 15.2. The first-order valence-electron chi connectivity index (χ1n) is 3.42. The molecule has 0 spiro atoms. The number of hydrogen-bond donors (Lipinski definition) is 1. The smallest absolute Gasteiger partial charge is 0.119 e. The molecule has 0 aliphatic carbocycles. The van der Waals surface area contributed by atoms with Gasteiger partial charge in [-0.15, -0.1) is 10.2 Å². The molecular weight excluding hydrogens is 128 g/mol. The third-order valence-electron chi connectivity index (χ3n) is 1.60. The van der Waals surface area contributed by atoms with Crippen molar-refractivity contribution in [3.8, 4) is 0 Å². The molecule has 1 aromatic heterocycles. The van der Waals surface area contributed by atoms with Crippen molar-refractivity contribution in [2.45, 2.75) is 19.4 Å². The second kappa shape index (κ2) is 3.31. The van der Waals surface area contributed by atoms with Gasteiger partial charge >= 0.3 is 0 Å². The van der Waals surface area contributed by atoms with Crippen LogP contribution in [-0.4, -0.2) is 21.3 Å². The van der Waals surface area contributed by atoms with Gasteiger partial charge in [-0.05, 0) is 6.42 Å². The Morgan fingerprint density at radius 1 is 1.50 bits per heavy atom. The molecule has 1 heterocycles. The zero-order valence-electron chi connectivity index (χ0n) is 6.07. The molecule has 10 heavy (non-hydrogen) atoms. The zero-order chi connectivity index (χ0) is 7.40. The SMILES string of the molecule is CCC(CN)n1cnnc1. The minimum Gasteiger partial charge on any atom is -0.328 e. The first-order valence-corrected chi connectivity index (χ1v) is 3.42. The van der Waals surface area contributed by atoms with Gasteiger partial charge in [-0.2, -0.15) is 0 Å². The van der Waals surface area contributed by atoms with E-state index in [9.17, 15) is 0 Å². The van der Waals surface area contributed by atoms with Gasteiger partial charge in [-0.3, -0.25) is 0 Å². The summed E-state index contributed by atoms with van der Waals surface area (Å²) in [7, 11) is 0. The molecule has 4 nitrogen and oxygen atoms in total. The maximum absolute atomic E-state index is 5.50. The Balaban J connectivity index is 2.64. The van der Waals surface area contributed by atoms with Crippen molar-refractivity contribution in [2.24, 2.45) is 5.73 Å². The van der Waals surface area contributed by atoms with E-state index in [1.54, 1.807) is 12.7 Å². The Hall–Kier alpha value is -0.900. The van der Waals surface area contributed by atoms with E-state index in [1.807, 2.05) is 4.57 Å². The molecule has 0 bridgehead atoms. The second-order valence-electron chi connectivity index (χ2n) is 2.21. The van der Waals surface area contributed by atoms with E-state index in [1.165, 1.54) is 0 Å². The van der Waals surface area contributed by atoms with Crippen LogP contribution in [0.2, 0.25) is 0 Å². The maximum atomic E-state index is 5.50. The molecule has 0 aliphatic heterocycles. The van der Waals surface area contributed by atoms with Gasteiger partial charge in [0.05, 0.1) is 0 Å². The van der Waals surface area contributed by atoms with Crippen molar-refractivity contribution >= 4 is 0 Å². The molecule has 4 heteroatoms. The van der Waals surface area contributed by atoms with E-state index in [0.717, 1.165) is 6.42 Å². The van der Waals surface area contributed by atoms with E-state index in [2.05, 4.69) is 17.1 Å². The van der Waals surface area contributed by atoms with Crippen LogP contribution in [0.4, 0.5) is 0 Å². The molecule has 0 saturated carbocycles. The van der Waals surface area contributed by atoms with Crippen molar-refractivity contribution in [3.05, 3.63) is 12.7 Å². The molecule has 0 aromatic carbocycles. The summed E-state index contributed by atoms with van der Waals surface area (Å²) >= 11 is 0. The summed E-state index contributed by atoms with van der Waals surface area (Å²) in [6.07, 6.45) is 4.41. The Bertz CT molecular complexity index is 166. The summed E-state index contributed by atoms with van der Waals surface area (Å²) in [4.78, 5) is 0. The standard InChI is InChI=1S/C6H12N4/c1-2-6(3-7)10-4-8-9-5-10/h4-6H,2-3,7H2,1H3. The Morgan fingerprint density at radius 2 is 2.10 bits per heavy atom. The molecule has 0 saturated heterocycles. The number of hydrogen-bond acceptors (Lipinski definition) is 3. The topological polar surface area (TPSA) is 56.7 Å². The van der Waals surface area contributed by atoms with Crippen LogP contribution < -0.4 is 5.73 Å². The molecule has 1 unspecified atom stereocenters. The van der Waals surface area contributed by atoms with Gasteiger partial charge in [0, 0.05) is 12.6 Å². The van der Waals surface area contributed by atoms with Crippen molar-refractivity contribution in [2.75, 3.05) is 6.54 Å². The van der Waals surface area contributed by atoms with Gasteiger partial charge in [0.25, 0.3) is 0 Å². The van der Waals surface area contributed by atoms with Crippen molar-refractivity contribution in [3.63, 3.8) is 0 Å². The van der Waals surface area contributed by atoms with Crippen LogP contribution in [-0.2, 0) is 0 Å². The fraction of sp³-hybridized carbons (Fsp3) is 0.667. The van der Waals surface area contributed by atoms with Gasteiger partial charge in [-0.25, -0.2) is 0 Å². The molecule has 1 rings (SSSR count). The van der Waals surface area contributed by atoms with Crippen LogP contribution in [0, 0.1) is 0 Å². The van der Waals surface area contributed by atoms with Crippen LogP contribution in [0.25, 0.3) is 0 Å². The predicted octanol–water partition coefficient (Wildman–Crippen LogP) is 0.188. The summed E-state index contributed by atoms with van der Waals surface area (Å²) in [5.41, 5.74) is 5.50. The normalized spacial score (nSPS) is 13.4. The van der Waals surface area contributed by atoms with Crippen LogP contribution in [0.1, 0.15) is 19.4 Å². The minimum absolute atomic E-state index is 0.356. The van der Waals surface area contributed by atoms with E-state index < -0.39 is 0 Å². The van der Waals surface area contributed by atoms with E-state index >= 15 is 0 Å². The maximum Gasteiger partial charge on any atom is 0.119 e. The van der Waals surface area contributed by atoms with Gasteiger partial charge in [-0.1, -0.05) is 6.92 Å². The summed E-state index contributed by atoms with van der Waals surface area (Å²) in [5, 5.41) is 7.39. The number of rotatable bonds is 3. The van der Waals surface area contributed by atoms with E-state index in [4.69, 9.17) is 5.73 Å². The molecule has 0 radical (unpaired) electrons. The monoisotopic (exact) mass is 140 g/mol. The van der Waals surface area contributed by atoms with Gasteiger partial charge in [0.15, 0.2) is 0 Å². The third kappa shape index (κ3) is 1.33. The summed E-state index contributed by atoms with van der Waals surface area (Å²) in [6, 6.07) is 0.356. The average molecular weight is 140 g/mol. The lowest BCUT2D eigenvalue weighted by molar-refractivity contribution is 0.494. The minimum atomic E-state index is 0.356. The molecule has 0 fully saturated rings. The zero-order valence-corrected chi connectivity index (χ0v) is 6.07. The molecule has 0 amide bonds. The summed E-state index contributed by atoms with van der Waals surface area (Å²) in [6.45, 7) is 2.74. The van der Waals surface area contributed by atoms with Crippen LogP contribution >= 0.6 is 0 Å². The third-order valence-corrected chi connectivity index (χ3v) is 1.60. The number of nitrogens with two attached hydrogens (primary N) is 1. The fourth-order valence-electron chi connectivity index (χ4n) is 0.896. The number of aromatic nitrogens is 3. The van der Waals surface area contributed by atoms with Gasteiger partial charge in [0.2, 0.25) is 0 Å². The quantitative estimate of drug-likeness (QED) is 0.652. The lowest BCUT2D eigenvalue weighted by atomic mass is 10.2. The lowest BCUT2D eigenvalue weighted by Crippen LogP contribution is -2.16. The lowest BCUT2D eigenvalue weighted by Gasteiger charge is -2.11. The molecular formula is C6H12N4. The van der Waals surface area contributed by atoms with Crippen molar-refractivity contribution in [1.29, 1.82) is 0 Å². The second-order valence-corrected chi connectivity index (χ2v) is 2.21. The predicted molar refractivity (Wildman–Crippen MR) is 38.4 cm³/mol. The van der Waals surface area contributed by atoms with Crippen molar-refractivity contribution < 1.29 is 0 Å². The molecule has 56 valence electrons. The summed E-state index contributed by atoms with van der Waals surface area (Å²) in [5.74, 6) is 0. The van der Waals surface area contributed by atoms with Crippen LogP contribution in [0.5, 0.6) is 0 Å².